The Morgan fingerprint density at radius 3 is 2.66 bits per heavy atom. The summed E-state index contributed by atoms with van der Waals surface area (Å²) in [6.45, 7) is 1.09. The molecule has 0 aliphatic rings. The highest BCUT2D eigenvalue weighted by Gasteiger charge is 2.12. The van der Waals surface area contributed by atoms with Crippen molar-refractivity contribution in [2.45, 2.75) is 0 Å². The highest BCUT2D eigenvalue weighted by molar-refractivity contribution is 5.89. The van der Waals surface area contributed by atoms with Crippen molar-refractivity contribution in [2.24, 2.45) is 12.8 Å². The largest absolute Gasteiger partial charge is 0.497 e. The highest BCUT2D eigenvalue weighted by Crippen LogP contribution is 2.29. The van der Waals surface area contributed by atoms with E-state index in [2.05, 4.69) is 43.9 Å². The number of benzene rings is 2. The number of nitrogens with one attached hydrogen (secondary N) is 2. The minimum Gasteiger partial charge on any atom is -0.497 e. The van der Waals surface area contributed by atoms with Gasteiger partial charge in [0.15, 0.2) is 5.65 Å². The molecule has 0 atom stereocenters. The van der Waals surface area contributed by atoms with Crippen LogP contribution >= 0.6 is 0 Å². The molecule has 8 nitrogen and oxygen atoms in total. The van der Waals surface area contributed by atoms with Crippen molar-refractivity contribution >= 4 is 28.5 Å². The summed E-state index contributed by atoms with van der Waals surface area (Å²) in [7, 11) is 3.52. The number of aromatic nitrogens is 4. The van der Waals surface area contributed by atoms with Gasteiger partial charge in [-0.1, -0.05) is 24.3 Å². The molecule has 0 saturated heterocycles. The number of hydrogen-bond donors (Lipinski definition) is 3. The van der Waals surface area contributed by atoms with Gasteiger partial charge < -0.3 is 21.1 Å². The number of anilines is 3. The van der Waals surface area contributed by atoms with Crippen LogP contribution in [-0.2, 0) is 7.05 Å². The zero-order valence-corrected chi connectivity index (χ0v) is 16.4. The van der Waals surface area contributed by atoms with E-state index in [0.29, 0.717) is 24.9 Å². The fraction of sp³-hybridized carbons (Fsp3) is 0.190. The summed E-state index contributed by atoms with van der Waals surface area (Å²) in [5, 5.41) is 11.7. The molecule has 4 rings (SSSR count). The van der Waals surface area contributed by atoms with Gasteiger partial charge in [-0.25, -0.2) is 0 Å². The van der Waals surface area contributed by atoms with E-state index in [1.807, 2.05) is 37.4 Å². The van der Waals surface area contributed by atoms with E-state index in [-0.39, 0.29) is 0 Å². The smallest absolute Gasteiger partial charge is 0.226 e. The molecule has 0 aliphatic heterocycles. The van der Waals surface area contributed by atoms with Gasteiger partial charge in [0.05, 0.1) is 18.7 Å². The molecule has 4 aromatic rings. The molecule has 0 spiro atoms. The van der Waals surface area contributed by atoms with Gasteiger partial charge in [-0.05, 0) is 35.4 Å². The van der Waals surface area contributed by atoms with Crippen LogP contribution in [0.4, 0.5) is 17.5 Å². The standard InChI is InChI=1S/C21H23N7O/c1-28-20-18(13-24-28)19(26-21(27-20)23-10-9-22)25-16-7-3-5-14(11-16)15-6-4-8-17(12-15)29-2/h3-8,11-13H,9-10,22H2,1-2H3,(H2,23,25,26,27). The SMILES string of the molecule is COc1cccc(-c2cccc(Nc3nc(NCCN)nc4c3cnn4C)c2)c1. The van der Waals surface area contributed by atoms with E-state index >= 15 is 0 Å². The van der Waals surface area contributed by atoms with E-state index in [1.54, 1.807) is 18.0 Å². The molecule has 0 fully saturated rings. The fourth-order valence-corrected chi connectivity index (χ4v) is 3.10. The van der Waals surface area contributed by atoms with Crippen LogP contribution in [0.5, 0.6) is 5.75 Å². The molecule has 0 unspecified atom stereocenters. The Morgan fingerprint density at radius 2 is 1.86 bits per heavy atom. The Balaban J connectivity index is 1.69. The first-order valence-corrected chi connectivity index (χ1v) is 9.33. The quantitative estimate of drug-likeness (QED) is 0.446. The summed E-state index contributed by atoms with van der Waals surface area (Å²) in [4.78, 5) is 9.14. The van der Waals surface area contributed by atoms with Crippen molar-refractivity contribution in [1.82, 2.24) is 19.7 Å². The first-order chi connectivity index (χ1) is 14.2. The average molecular weight is 389 g/mol. The predicted octanol–water partition coefficient (Wildman–Crippen LogP) is 3.15. The number of nitrogens with zero attached hydrogens (tertiary/aromatic N) is 4. The lowest BCUT2D eigenvalue weighted by molar-refractivity contribution is 0.415. The third kappa shape index (κ3) is 3.97. The maximum Gasteiger partial charge on any atom is 0.226 e. The molecule has 0 bridgehead atoms. The van der Waals surface area contributed by atoms with Crippen molar-refractivity contribution in [3.8, 4) is 16.9 Å². The second kappa shape index (κ2) is 8.15. The molecular weight excluding hydrogens is 366 g/mol. The summed E-state index contributed by atoms with van der Waals surface area (Å²) in [6.07, 6.45) is 1.76. The number of hydrogen-bond acceptors (Lipinski definition) is 7. The Hall–Kier alpha value is -3.65. The van der Waals surface area contributed by atoms with Crippen molar-refractivity contribution in [3.05, 3.63) is 54.7 Å². The van der Waals surface area contributed by atoms with Gasteiger partial charge in [-0.3, -0.25) is 4.68 Å². The second-order valence-corrected chi connectivity index (χ2v) is 6.55. The zero-order valence-electron chi connectivity index (χ0n) is 16.4. The summed E-state index contributed by atoms with van der Waals surface area (Å²) in [6, 6.07) is 16.1. The van der Waals surface area contributed by atoms with Gasteiger partial charge in [0.2, 0.25) is 5.95 Å². The van der Waals surface area contributed by atoms with Crippen LogP contribution in [0.3, 0.4) is 0 Å². The van der Waals surface area contributed by atoms with E-state index in [0.717, 1.165) is 33.6 Å². The molecule has 0 radical (unpaired) electrons. The Bertz CT molecular complexity index is 1140. The molecule has 0 aliphatic carbocycles. The predicted molar refractivity (Wildman–Crippen MR) is 116 cm³/mol. The van der Waals surface area contributed by atoms with Gasteiger partial charge >= 0.3 is 0 Å². The van der Waals surface area contributed by atoms with E-state index < -0.39 is 0 Å². The molecule has 8 heteroatoms. The van der Waals surface area contributed by atoms with Crippen LogP contribution in [0.15, 0.2) is 54.7 Å². The third-order valence-corrected chi connectivity index (χ3v) is 4.55. The molecule has 4 N–H and O–H groups in total. The lowest BCUT2D eigenvalue weighted by Crippen LogP contribution is -2.15. The van der Waals surface area contributed by atoms with E-state index in [4.69, 9.17) is 10.5 Å². The molecule has 2 aromatic carbocycles. The topological polar surface area (TPSA) is 103 Å². The van der Waals surface area contributed by atoms with Crippen LogP contribution in [0.1, 0.15) is 0 Å². The molecule has 29 heavy (non-hydrogen) atoms. The second-order valence-electron chi connectivity index (χ2n) is 6.55. The molecule has 2 heterocycles. The minimum absolute atomic E-state index is 0.498. The summed E-state index contributed by atoms with van der Waals surface area (Å²) >= 11 is 0. The average Bonchev–Trinajstić information content (AvgIpc) is 3.13. The Kier molecular flexibility index (Phi) is 5.26. The van der Waals surface area contributed by atoms with Crippen molar-refractivity contribution in [1.29, 1.82) is 0 Å². The number of rotatable bonds is 7. The van der Waals surface area contributed by atoms with Gasteiger partial charge in [0.1, 0.15) is 11.6 Å². The number of methoxy groups -OCH3 is 1. The first-order valence-electron chi connectivity index (χ1n) is 9.33. The molecule has 148 valence electrons. The molecule has 0 amide bonds. The van der Waals surface area contributed by atoms with Crippen LogP contribution in [0.25, 0.3) is 22.2 Å². The summed E-state index contributed by atoms with van der Waals surface area (Å²) < 4.78 is 7.07. The van der Waals surface area contributed by atoms with Gasteiger partial charge in [-0.2, -0.15) is 15.1 Å². The van der Waals surface area contributed by atoms with Gasteiger partial charge in [0, 0.05) is 25.8 Å². The van der Waals surface area contributed by atoms with Gasteiger partial charge in [0.25, 0.3) is 0 Å². The van der Waals surface area contributed by atoms with Crippen LogP contribution in [0, 0.1) is 0 Å². The van der Waals surface area contributed by atoms with Crippen LogP contribution < -0.4 is 21.1 Å². The maximum absolute atomic E-state index is 5.59. The van der Waals surface area contributed by atoms with Crippen molar-refractivity contribution < 1.29 is 4.74 Å². The van der Waals surface area contributed by atoms with Crippen LogP contribution in [-0.4, -0.2) is 39.9 Å². The molecule has 0 saturated carbocycles. The van der Waals surface area contributed by atoms with E-state index in [1.165, 1.54) is 0 Å². The van der Waals surface area contributed by atoms with Crippen molar-refractivity contribution in [3.63, 3.8) is 0 Å². The number of aryl methyl sites for hydroxylation is 1. The summed E-state index contributed by atoms with van der Waals surface area (Å²) in [5.41, 5.74) is 9.40. The normalized spacial score (nSPS) is 10.9. The minimum atomic E-state index is 0.498. The van der Waals surface area contributed by atoms with Crippen molar-refractivity contribution in [2.75, 3.05) is 30.8 Å². The maximum atomic E-state index is 5.59. The Labute approximate surface area is 168 Å². The van der Waals surface area contributed by atoms with E-state index in [9.17, 15) is 0 Å². The molecule has 2 aromatic heterocycles. The molecular formula is C21H23N7O. The van der Waals surface area contributed by atoms with Crippen LogP contribution in [0.2, 0.25) is 0 Å². The monoisotopic (exact) mass is 389 g/mol. The number of nitrogens with two attached hydrogens (primary N) is 1. The lowest BCUT2D eigenvalue weighted by atomic mass is 10.0. The highest BCUT2D eigenvalue weighted by atomic mass is 16.5. The summed E-state index contributed by atoms with van der Waals surface area (Å²) in [5.74, 6) is 2.02. The number of fused-ring (bicyclic) bond motifs is 1. The third-order valence-electron chi connectivity index (χ3n) is 4.55. The van der Waals surface area contributed by atoms with Gasteiger partial charge in [-0.15, -0.1) is 0 Å². The fourth-order valence-electron chi connectivity index (χ4n) is 3.10. The first kappa shape index (κ1) is 18.7. The number of ether oxygens (including phenoxy) is 1. The zero-order chi connectivity index (χ0) is 20.2. The lowest BCUT2D eigenvalue weighted by Gasteiger charge is -2.11. The Morgan fingerprint density at radius 1 is 1.07 bits per heavy atom.